The Morgan fingerprint density at radius 2 is 2.05 bits per heavy atom. The first kappa shape index (κ1) is 14.3. The van der Waals surface area contributed by atoms with Crippen LogP contribution in [0.15, 0.2) is 22.7 Å². The summed E-state index contributed by atoms with van der Waals surface area (Å²) in [6.45, 7) is 0. The Bertz CT molecular complexity index is 487. The molecular formula is C16H21BrFNO. The molecule has 1 spiro atoms. The lowest BCUT2D eigenvalue weighted by Gasteiger charge is -2.57. The molecule has 2 nitrogen and oxygen atoms in total. The lowest BCUT2D eigenvalue weighted by atomic mass is 9.55. The van der Waals surface area contributed by atoms with Gasteiger partial charge in [-0.25, -0.2) is 4.39 Å². The zero-order valence-electron chi connectivity index (χ0n) is 11.8. The fraction of sp³-hybridized carbons (Fsp3) is 0.625. The Morgan fingerprint density at radius 3 is 2.70 bits per heavy atom. The first-order chi connectivity index (χ1) is 9.65. The summed E-state index contributed by atoms with van der Waals surface area (Å²) in [4.78, 5) is 0. The monoisotopic (exact) mass is 341 g/mol. The minimum absolute atomic E-state index is 0.223. The number of hydrogen-bond donors (Lipinski definition) is 1. The molecule has 4 heteroatoms. The first-order valence-electron chi connectivity index (χ1n) is 7.45. The smallest absolute Gasteiger partial charge is 0.141 e. The van der Waals surface area contributed by atoms with Gasteiger partial charge < -0.3 is 10.1 Å². The van der Waals surface area contributed by atoms with Crippen molar-refractivity contribution < 1.29 is 9.13 Å². The summed E-state index contributed by atoms with van der Waals surface area (Å²) in [5.41, 5.74) is 0.260. The maximum Gasteiger partial charge on any atom is 0.141 e. The molecule has 1 N–H and O–H groups in total. The van der Waals surface area contributed by atoms with Crippen molar-refractivity contribution in [2.45, 2.75) is 50.7 Å². The zero-order valence-corrected chi connectivity index (χ0v) is 13.4. The Balaban J connectivity index is 1.75. The molecule has 2 saturated carbocycles. The van der Waals surface area contributed by atoms with E-state index in [1.807, 2.05) is 13.1 Å². The van der Waals surface area contributed by atoms with Crippen LogP contribution in [-0.2, 0) is 0 Å². The van der Waals surface area contributed by atoms with Gasteiger partial charge in [-0.15, -0.1) is 0 Å². The van der Waals surface area contributed by atoms with Gasteiger partial charge in [0.2, 0.25) is 0 Å². The van der Waals surface area contributed by atoms with E-state index in [9.17, 15) is 4.39 Å². The molecule has 2 aliphatic rings. The van der Waals surface area contributed by atoms with Crippen molar-refractivity contribution in [1.82, 2.24) is 5.32 Å². The van der Waals surface area contributed by atoms with Crippen molar-refractivity contribution in [3.05, 3.63) is 28.5 Å². The van der Waals surface area contributed by atoms with Crippen molar-refractivity contribution >= 4 is 15.9 Å². The molecule has 20 heavy (non-hydrogen) atoms. The highest BCUT2D eigenvalue weighted by atomic mass is 79.9. The van der Waals surface area contributed by atoms with Gasteiger partial charge in [0.25, 0.3) is 0 Å². The van der Waals surface area contributed by atoms with Crippen LogP contribution in [0.2, 0.25) is 0 Å². The molecule has 2 aliphatic carbocycles. The van der Waals surface area contributed by atoms with Crippen molar-refractivity contribution in [2.75, 3.05) is 7.05 Å². The molecule has 0 radical (unpaired) electrons. The molecule has 3 rings (SSSR count). The number of rotatable bonds is 3. The van der Waals surface area contributed by atoms with Crippen molar-refractivity contribution in [1.29, 1.82) is 0 Å². The molecule has 0 amide bonds. The molecule has 2 unspecified atom stereocenters. The fourth-order valence-electron chi connectivity index (χ4n) is 3.91. The lowest BCUT2D eigenvalue weighted by Crippen LogP contribution is -2.64. The van der Waals surface area contributed by atoms with Crippen molar-refractivity contribution in [2.24, 2.45) is 5.41 Å². The fourth-order valence-corrected chi connectivity index (χ4v) is 4.16. The summed E-state index contributed by atoms with van der Waals surface area (Å²) in [5, 5.41) is 3.44. The van der Waals surface area contributed by atoms with Gasteiger partial charge in [-0.2, -0.15) is 0 Å². The van der Waals surface area contributed by atoms with Gasteiger partial charge in [0.15, 0.2) is 0 Å². The van der Waals surface area contributed by atoms with Crippen molar-refractivity contribution in [3.63, 3.8) is 0 Å². The van der Waals surface area contributed by atoms with Crippen LogP contribution < -0.4 is 10.1 Å². The third-order valence-electron chi connectivity index (χ3n) is 5.09. The number of ether oxygens (including phenoxy) is 1. The van der Waals surface area contributed by atoms with Gasteiger partial charge in [0.05, 0.1) is 4.47 Å². The van der Waals surface area contributed by atoms with Gasteiger partial charge in [0.1, 0.15) is 17.7 Å². The summed E-state index contributed by atoms with van der Waals surface area (Å²) >= 11 is 3.18. The van der Waals surface area contributed by atoms with E-state index in [4.69, 9.17) is 4.74 Å². The predicted molar refractivity (Wildman–Crippen MR) is 81.5 cm³/mol. The van der Waals surface area contributed by atoms with E-state index in [-0.39, 0.29) is 17.3 Å². The van der Waals surface area contributed by atoms with Crippen LogP contribution in [0.1, 0.15) is 38.5 Å². The predicted octanol–water partition coefficient (Wildman–Crippen LogP) is 4.28. The second kappa shape index (κ2) is 5.64. The minimum atomic E-state index is -0.260. The lowest BCUT2D eigenvalue weighted by molar-refractivity contribution is -0.101. The van der Waals surface area contributed by atoms with Gasteiger partial charge in [-0.1, -0.05) is 19.3 Å². The quantitative estimate of drug-likeness (QED) is 0.885. The number of hydrogen-bond acceptors (Lipinski definition) is 2. The van der Waals surface area contributed by atoms with Crippen LogP contribution in [0.25, 0.3) is 0 Å². The van der Waals surface area contributed by atoms with E-state index in [1.54, 1.807) is 6.07 Å². The molecule has 0 saturated heterocycles. The maximum atomic E-state index is 13.6. The van der Waals surface area contributed by atoms with Crippen molar-refractivity contribution in [3.8, 4) is 5.75 Å². The zero-order chi connectivity index (χ0) is 14.2. The highest BCUT2D eigenvalue weighted by Gasteiger charge is 2.55. The van der Waals surface area contributed by atoms with Gasteiger partial charge in [-0.05, 0) is 48.0 Å². The SMILES string of the molecule is CNC1CC(Oc2ccc(Br)c(F)c2)C12CCCCC2. The largest absolute Gasteiger partial charge is 0.490 e. The third kappa shape index (κ3) is 2.37. The molecular weight excluding hydrogens is 321 g/mol. The van der Waals surface area contributed by atoms with E-state index < -0.39 is 0 Å². The molecule has 1 aromatic carbocycles. The van der Waals surface area contributed by atoms with E-state index >= 15 is 0 Å². The molecule has 110 valence electrons. The normalized spacial score (nSPS) is 28.1. The Morgan fingerprint density at radius 1 is 1.30 bits per heavy atom. The van der Waals surface area contributed by atoms with E-state index in [2.05, 4.69) is 21.2 Å². The number of benzene rings is 1. The van der Waals surface area contributed by atoms with Crippen LogP contribution in [0.3, 0.4) is 0 Å². The minimum Gasteiger partial charge on any atom is -0.490 e. The topological polar surface area (TPSA) is 21.3 Å². The number of nitrogens with one attached hydrogen (secondary N) is 1. The molecule has 2 atom stereocenters. The second-order valence-electron chi connectivity index (χ2n) is 6.05. The summed E-state index contributed by atoms with van der Waals surface area (Å²) in [7, 11) is 2.04. The van der Waals surface area contributed by atoms with Crippen LogP contribution in [0, 0.1) is 11.2 Å². The number of halogens is 2. The van der Waals surface area contributed by atoms with Gasteiger partial charge in [0, 0.05) is 23.9 Å². The van der Waals surface area contributed by atoms with E-state index in [0.29, 0.717) is 16.3 Å². The Labute approximate surface area is 128 Å². The summed E-state index contributed by atoms with van der Waals surface area (Å²) in [5.74, 6) is 0.389. The van der Waals surface area contributed by atoms with Crippen LogP contribution in [0.4, 0.5) is 4.39 Å². The standard InChI is InChI=1S/C16H21BrFNO/c1-19-14-10-15(16(14)7-3-2-4-8-16)20-11-5-6-12(17)13(18)9-11/h5-6,9,14-15,19H,2-4,7-8,10H2,1H3. The average Bonchev–Trinajstić information content (AvgIpc) is 2.47. The maximum absolute atomic E-state index is 13.6. The summed E-state index contributed by atoms with van der Waals surface area (Å²) < 4.78 is 20.2. The summed E-state index contributed by atoms with van der Waals surface area (Å²) in [6.07, 6.45) is 7.59. The van der Waals surface area contributed by atoms with Gasteiger partial charge >= 0.3 is 0 Å². The molecule has 0 heterocycles. The highest BCUT2D eigenvalue weighted by Crippen LogP contribution is 2.53. The van der Waals surface area contributed by atoms with Crippen LogP contribution >= 0.6 is 15.9 Å². The molecule has 0 bridgehead atoms. The molecule has 0 aromatic heterocycles. The van der Waals surface area contributed by atoms with Gasteiger partial charge in [-0.3, -0.25) is 0 Å². The third-order valence-corrected chi connectivity index (χ3v) is 5.73. The Kier molecular flexibility index (Phi) is 4.04. The Hall–Kier alpha value is -0.610. The van der Waals surface area contributed by atoms with E-state index in [1.165, 1.54) is 38.2 Å². The van der Waals surface area contributed by atoms with Crippen LogP contribution in [-0.4, -0.2) is 19.2 Å². The molecule has 1 aromatic rings. The van der Waals surface area contributed by atoms with Crippen LogP contribution in [0.5, 0.6) is 5.75 Å². The molecule has 2 fully saturated rings. The summed E-state index contributed by atoms with van der Waals surface area (Å²) in [6, 6.07) is 5.59. The molecule has 0 aliphatic heterocycles. The first-order valence-corrected chi connectivity index (χ1v) is 8.24. The average molecular weight is 342 g/mol. The second-order valence-corrected chi connectivity index (χ2v) is 6.91. The highest BCUT2D eigenvalue weighted by molar-refractivity contribution is 9.10. The van der Waals surface area contributed by atoms with E-state index in [0.717, 1.165) is 6.42 Å².